The Morgan fingerprint density at radius 1 is 1.15 bits per heavy atom. The maximum absolute atomic E-state index is 12.1. The second-order valence-electron chi connectivity index (χ2n) is 5.70. The molecule has 1 amide bonds. The zero-order chi connectivity index (χ0) is 18.9. The highest BCUT2D eigenvalue weighted by Crippen LogP contribution is 2.22. The summed E-state index contributed by atoms with van der Waals surface area (Å²) in [6.45, 7) is 3.96. The van der Waals surface area contributed by atoms with Crippen molar-refractivity contribution in [2.24, 2.45) is 0 Å². The molecule has 0 atom stereocenters. The number of benzene rings is 2. The standard InChI is InChI=1S/C20H22ClNO3S/c1-3-25-20(24)15-6-11-18(14(2)13-15)22-19(23)5-4-12-26-17-9-7-16(21)8-10-17/h6-11,13H,3-5,12H2,1-2H3,(H,22,23). The largest absolute Gasteiger partial charge is 0.462 e. The Bertz CT molecular complexity index is 762. The van der Waals surface area contributed by atoms with Gasteiger partial charge in [-0.15, -0.1) is 11.8 Å². The van der Waals surface area contributed by atoms with E-state index in [1.807, 2.05) is 31.2 Å². The number of carbonyl (C=O) groups is 2. The number of nitrogens with one attached hydrogen (secondary N) is 1. The number of carbonyl (C=O) groups excluding carboxylic acids is 2. The fourth-order valence-corrected chi connectivity index (χ4v) is 3.29. The summed E-state index contributed by atoms with van der Waals surface area (Å²) in [7, 11) is 0. The molecule has 0 radical (unpaired) electrons. The van der Waals surface area contributed by atoms with E-state index < -0.39 is 0 Å². The van der Waals surface area contributed by atoms with Crippen LogP contribution >= 0.6 is 23.4 Å². The van der Waals surface area contributed by atoms with E-state index in [9.17, 15) is 9.59 Å². The van der Waals surface area contributed by atoms with Crippen LogP contribution in [0.2, 0.25) is 5.02 Å². The summed E-state index contributed by atoms with van der Waals surface area (Å²) >= 11 is 7.56. The fraction of sp³-hybridized carbons (Fsp3) is 0.300. The summed E-state index contributed by atoms with van der Waals surface area (Å²) < 4.78 is 4.98. The number of rotatable bonds is 8. The molecule has 0 bridgehead atoms. The van der Waals surface area contributed by atoms with Crippen molar-refractivity contribution in [3.05, 3.63) is 58.6 Å². The molecule has 0 aromatic heterocycles. The highest BCUT2D eigenvalue weighted by molar-refractivity contribution is 7.99. The van der Waals surface area contributed by atoms with E-state index >= 15 is 0 Å². The lowest BCUT2D eigenvalue weighted by Crippen LogP contribution is -2.13. The van der Waals surface area contributed by atoms with Crippen LogP contribution in [0.5, 0.6) is 0 Å². The highest BCUT2D eigenvalue weighted by atomic mass is 35.5. The van der Waals surface area contributed by atoms with Gasteiger partial charge in [-0.3, -0.25) is 4.79 Å². The van der Waals surface area contributed by atoms with Gasteiger partial charge < -0.3 is 10.1 Å². The second-order valence-corrected chi connectivity index (χ2v) is 7.31. The second kappa shape index (κ2) is 10.2. The quantitative estimate of drug-likeness (QED) is 0.375. The lowest BCUT2D eigenvalue weighted by atomic mass is 10.1. The summed E-state index contributed by atoms with van der Waals surface area (Å²) in [4.78, 5) is 25.0. The Morgan fingerprint density at radius 2 is 1.88 bits per heavy atom. The number of thioether (sulfide) groups is 1. The first kappa shape index (κ1) is 20.3. The van der Waals surface area contributed by atoms with E-state index in [0.29, 0.717) is 24.3 Å². The molecule has 0 aliphatic heterocycles. The van der Waals surface area contributed by atoms with Crippen LogP contribution in [0, 0.1) is 6.92 Å². The molecule has 0 heterocycles. The molecule has 4 nitrogen and oxygen atoms in total. The molecule has 26 heavy (non-hydrogen) atoms. The molecule has 2 aromatic rings. The number of amides is 1. The average molecular weight is 392 g/mol. The fourth-order valence-electron chi connectivity index (χ4n) is 2.31. The summed E-state index contributed by atoms with van der Waals surface area (Å²) in [6.07, 6.45) is 1.22. The molecule has 0 spiro atoms. The van der Waals surface area contributed by atoms with Crippen LogP contribution in [-0.2, 0) is 9.53 Å². The maximum atomic E-state index is 12.1. The number of esters is 1. The van der Waals surface area contributed by atoms with E-state index in [0.717, 1.165) is 27.7 Å². The van der Waals surface area contributed by atoms with Crippen molar-refractivity contribution in [2.45, 2.75) is 31.6 Å². The smallest absolute Gasteiger partial charge is 0.338 e. The van der Waals surface area contributed by atoms with Gasteiger partial charge in [0.15, 0.2) is 0 Å². The van der Waals surface area contributed by atoms with Gasteiger partial charge in [0.25, 0.3) is 0 Å². The molecule has 2 aromatic carbocycles. The van der Waals surface area contributed by atoms with Crippen molar-refractivity contribution in [2.75, 3.05) is 17.7 Å². The minimum absolute atomic E-state index is 0.0336. The first-order valence-electron chi connectivity index (χ1n) is 8.45. The number of hydrogen-bond donors (Lipinski definition) is 1. The van der Waals surface area contributed by atoms with Crippen molar-refractivity contribution < 1.29 is 14.3 Å². The molecule has 2 rings (SSSR count). The molecule has 0 aliphatic carbocycles. The topological polar surface area (TPSA) is 55.4 Å². The number of aryl methyl sites for hydroxylation is 1. The molecular weight excluding hydrogens is 370 g/mol. The number of halogens is 1. The number of anilines is 1. The third kappa shape index (κ3) is 6.39. The first-order valence-corrected chi connectivity index (χ1v) is 9.82. The molecule has 0 fully saturated rings. The van der Waals surface area contributed by atoms with Gasteiger partial charge >= 0.3 is 5.97 Å². The van der Waals surface area contributed by atoms with E-state index in [1.165, 1.54) is 0 Å². The minimum atomic E-state index is -0.354. The lowest BCUT2D eigenvalue weighted by Gasteiger charge is -2.10. The van der Waals surface area contributed by atoms with Crippen LogP contribution in [0.4, 0.5) is 5.69 Å². The SMILES string of the molecule is CCOC(=O)c1ccc(NC(=O)CCCSc2ccc(Cl)cc2)c(C)c1. The van der Waals surface area contributed by atoms with Crippen molar-refractivity contribution >= 4 is 40.9 Å². The zero-order valence-electron chi connectivity index (χ0n) is 14.9. The normalized spacial score (nSPS) is 10.4. The molecule has 0 saturated heterocycles. The van der Waals surface area contributed by atoms with Crippen LogP contribution in [0.3, 0.4) is 0 Å². The van der Waals surface area contributed by atoms with Crippen molar-refractivity contribution in [3.63, 3.8) is 0 Å². The first-order chi connectivity index (χ1) is 12.5. The molecule has 0 unspecified atom stereocenters. The Kier molecular flexibility index (Phi) is 8.01. The van der Waals surface area contributed by atoms with Crippen LogP contribution in [-0.4, -0.2) is 24.2 Å². The highest BCUT2D eigenvalue weighted by Gasteiger charge is 2.10. The average Bonchev–Trinajstić information content (AvgIpc) is 2.62. The Balaban J connectivity index is 1.78. The van der Waals surface area contributed by atoms with Gasteiger partial charge in [0.2, 0.25) is 5.91 Å². The maximum Gasteiger partial charge on any atom is 0.338 e. The summed E-state index contributed by atoms with van der Waals surface area (Å²) in [5, 5.41) is 3.62. The van der Waals surface area contributed by atoms with Crippen LogP contribution in [0.25, 0.3) is 0 Å². The van der Waals surface area contributed by atoms with Gasteiger partial charge in [0.1, 0.15) is 0 Å². The van der Waals surface area contributed by atoms with Gasteiger partial charge in [-0.05, 0) is 74.0 Å². The van der Waals surface area contributed by atoms with E-state index in [1.54, 1.807) is 36.9 Å². The van der Waals surface area contributed by atoms with E-state index in [4.69, 9.17) is 16.3 Å². The van der Waals surface area contributed by atoms with Gasteiger partial charge in [0.05, 0.1) is 12.2 Å². The minimum Gasteiger partial charge on any atom is -0.462 e. The molecule has 0 saturated carbocycles. The Hall–Kier alpha value is -1.98. The lowest BCUT2D eigenvalue weighted by molar-refractivity contribution is -0.116. The molecule has 0 aliphatic rings. The van der Waals surface area contributed by atoms with Crippen LogP contribution in [0.1, 0.15) is 35.7 Å². The molecule has 138 valence electrons. The van der Waals surface area contributed by atoms with Crippen molar-refractivity contribution in [1.29, 1.82) is 0 Å². The predicted octanol–water partition coefficient (Wildman–Crippen LogP) is 5.34. The number of ether oxygens (including phenoxy) is 1. The van der Waals surface area contributed by atoms with E-state index in [2.05, 4.69) is 5.32 Å². The molecule has 6 heteroatoms. The Morgan fingerprint density at radius 3 is 2.54 bits per heavy atom. The predicted molar refractivity (Wildman–Crippen MR) is 107 cm³/mol. The Labute approximate surface area is 163 Å². The summed E-state index contributed by atoms with van der Waals surface area (Å²) in [5.41, 5.74) is 2.04. The molecular formula is C20H22ClNO3S. The van der Waals surface area contributed by atoms with Crippen LogP contribution in [0.15, 0.2) is 47.4 Å². The van der Waals surface area contributed by atoms with Gasteiger partial charge in [-0.2, -0.15) is 0 Å². The zero-order valence-corrected chi connectivity index (χ0v) is 16.5. The third-order valence-electron chi connectivity index (χ3n) is 3.64. The van der Waals surface area contributed by atoms with Crippen LogP contribution < -0.4 is 5.32 Å². The number of hydrogen-bond acceptors (Lipinski definition) is 4. The van der Waals surface area contributed by atoms with Gasteiger partial charge in [0, 0.05) is 22.0 Å². The van der Waals surface area contributed by atoms with Crippen molar-refractivity contribution in [3.8, 4) is 0 Å². The van der Waals surface area contributed by atoms with Gasteiger partial charge in [-0.25, -0.2) is 4.79 Å². The third-order valence-corrected chi connectivity index (χ3v) is 4.99. The monoisotopic (exact) mass is 391 g/mol. The summed E-state index contributed by atoms with van der Waals surface area (Å²) in [5.74, 6) is 0.469. The van der Waals surface area contributed by atoms with Crippen molar-refractivity contribution in [1.82, 2.24) is 0 Å². The van der Waals surface area contributed by atoms with Gasteiger partial charge in [-0.1, -0.05) is 11.6 Å². The van der Waals surface area contributed by atoms with E-state index in [-0.39, 0.29) is 11.9 Å². The summed E-state index contributed by atoms with van der Waals surface area (Å²) in [6, 6.07) is 12.8. The molecule has 1 N–H and O–H groups in total.